The monoisotopic (exact) mass is 281 g/mol. The van der Waals surface area contributed by atoms with Gasteiger partial charge in [-0.3, -0.25) is 14.5 Å². The molecule has 114 valence electrons. The van der Waals surface area contributed by atoms with Crippen molar-refractivity contribution in [2.75, 3.05) is 6.61 Å². The van der Waals surface area contributed by atoms with Gasteiger partial charge in [0.2, 0.25) is 11.8 Å². The molecule has 20 heavy (non-hydrogen) atoms. The predicted octanol–water partition coefficient (Wildman–Crippen LogP) is 2.49. The summed E-state index contributed by atoms with van der Waals surface area (Å²) in [4.78, 5) is 26.8. The van der Waals surface area contributed by atoms with E-state index in [2.05, 4.69) is 0 Å². The van der Waals surface area contributed by atoms with E-state index in [1.165, 1.54) is 11.3 Å². The maximum Gasteiger partial charge on any atom is 0.236 e. The van der Waals surface area contributed by atoms with E-state index in [-0.39, 0.29) is 29.9 Å². The molecule has 2 fully saturated rings. The normalized spacial score (nSPS) is 24.5. The van der Waals surface area contributed by atoms with Crippen LogP contribution in [0, 0.1) is 10.8 Å². The largest absolute Gasteiger partial charge is 0.396 e. The Balaban J connectivity index is 2.27. The molecular weight excluding hydrogens is 254 g/mol. The molecule has 1 N–H and O–H groups in total. The zero-order chi connectivity index (χ0) is 15.0. The fraction of sp³-hybridized carbons (Fsp3) is 0.875. The Bertz CT molecular complexity index is 391. The Hall–Kier alpha value is -0.900. The number of rotatable bonds is 3. The molecule has 1 saturated heterocycles. The number of hydrogen-bond acceptors (Lipinski definition) is 3. The fourth-order valence-corrected chi connectivity index (χ4v) is 3.83. The van der Waals surface area contributed by atoms with Crippen LogP contribution in [0.4, 0.5) is 0 Å². The van der Waals surface area contributed by atoms with Gasteiger partial charge in [-0.15, -0.1) is 0 Å². The minimum Gasteiger partial charge on any atom is -0.396 e. The van der Waals surface area contributed by atoms with Gasteiger partial charge in [-0.05, 0) is 24.7 Å². The highest BCUT2D eigenvalue weighted by Gasteiger charge is 2.54. The van der Waals surface area contributed by atoms with Crippen molar-refractivity contribution in [2.24, 2.45) is 10.8 Å². The summed E-state index contributed by atoms with van der Waals surface area (Å²) in [7, 11) is 0. The molecule has 1 aliphatic carbocycles. The maximum atomic E-state index is 12.9. The van der Waals surface area contributed by atoms with E-state index >= 15 is 0 Å². The molecule has 2 amide bonds. The van der Waals surface area contributed by atoms with Gasteiger partial charge in [0.05, 0.1) is 5.41 Å². The quantitative estimate of drug-likeness (QED) is 0.809. The van der Waals surface area contributed by atoms with Crippen LogP contribution in [-0.2, 0) is 9.59 Å². The molecule has 0 aromatic heterocycles. The number of aliphatic hydroxyl groups excluding tert-OH is 1. The van der Waals surface area contributed by atoms with Crippen LogP contribution in [0.5, 0.6) is 0 Å². The van der Waals surface area contributed by atoms with Crippen LogP contribution >= 0.6 is 0 Å². The Morgan fingerprint density at radius 2 is 1.80 bits per heavy atom. The lowest BCUT2D eigenvalue weighted by Gasteiger charge is -2.38. The number of likely N-dealkylation sites (tertiary alicyclic amines) is 1. The van der Waals surface area contributed by atoms with Crippen LogP contribution in [0.15, 0.2) is 0 Å². The lowest BCUT2D eigenvalue weighted by molar-refractivity contribution is -0.148. The van der Waals surface area contributed by atoms with Crippen molar-refractivity contribution < 1.29 is 14.7 Å². The SMILES string of the molecule is CC(C)(C)C(CCO)N1C(=O)CC2(CCCCC2)C1=O. The minimum atomic E-state index is -0.422. The van der Waals surface area contributed by atoms with Gasteiger partial charge in [0, 0.05) is 19.1 Å². The second kappa shape index (κ2) is 5.47. The molecule has 1 spiro atoms. The van der Waals surface area contributed by atoms with Crippen molar-refractivity contribution in [3.05, 3.63) is 0 Å². The van der Waals surface area contributed by atoms with E-state index < -0.39 is 5.41 Å². The molecule has 0 radical (unpaired) electrons. The van der Waals surface area contributed by atoms with Crippen molar-refractivity contribution in [3.63, 3.8) is 0 Å². The summed E-state index contributed by atoms with van der Waals surface area (Å²) < 4.78 is 0. The number of imide groups is 1. The van der Waals surface area contributed by atoms with Crippen LogP contribution < -0.4 is 0 Å². The molecule has 0 bridgehead atoms. The zero-order valence-electron chi connectivity index (χ0n) is 12.9. The highest BCUT2D eigenvalue weighted by Crippen LogP contribution is 2.47. The van der Waals surface area contributed by atoms with E-state index in [9.17, 15) is 14.7 Å². The Morgan fingerprint density at radius 1 is 1.20 bits per heavy atom. The predicted molar refractivity (Wildman–Crippen MR) is 76.9 cm³/mol. The van der Waals surface area contributed by atoms with Gasteiger partial charge in [0.15, 0.2) is 0 Å². The number of amides is 2. The summed E-state index contributed by atoms with van der Waals surface area (Å²) in [5.41, 5.74) is -0.622. The van der Waals surface area contributed by atoms with Crippen LogP contribution in [0.25, 0.3) is 0 Å². The molecule has 2 rings (SSSR count). The fourth-order valence-electron chi connectivity index (χ4n) is 3.83. The topological polar surface area (TPSA) is 57.6 Å². The molecule has 1 aliphatic heterocycles. The second-order valence-corrected chi connectivity index (χ2v) is 7.48. The zero-order valence-corrected chi connectivity index (χ0v) is 12.9. The molecule has 4 nitrogen and oxygen atoms in total. The summed E-state index contributed by atoms with van der Waals surface area (Å²) >= 11 is 0. The van der Waals surface area contributed by atoms with Crippen molar-refractivity contribution >= 4 is 11.8 Å². The lowest BCUT2D eigenvalue weighted by Crippen LogP contribution is -2.49. The van der Waals surface area contributed by atoms with Crippen molar-refractivity contribution in [3.8, 4) is 0 Å². The van der Waals surface area contributed by atoms with Crippen LogP contribution in [0.3, 0.4) is 0 Å². The highest BCUT2D eigenvalue weighted by atomic mass is 16.3. The number of carbonyl (C=O) groups is 2. The first kappa shape index (κ1) is 15.5. The molecule has 1 heterocycles. The first-order valence-electron chi connectivity index (χ1n) is 7.79. The van der Waals surface area contributed by atoms with Crippen molar-refractivity contribution in [1.29, 1.82) is 0 Å². The smallest absolute Gasteiger partial charge is 0.236 e. The number of nitrogens with zero attached hydrogens (tertiary/aromatic N) is 1. The standard InChI is InChI=1S/C16H27NO3/c1-15(2,3)12(7-10-18)17-13(19)11-16(14(17)20)8-5-4-6-9-16/h12,18H,4-11H2,1-3H3. The summed E-state index contributed by atoms with van der Waals surface area (Å²) in [5.74, 6) is -0.0131. The van der Waals surface area contributed by atoms with E-state index in [4.69, 9.17) is 0 Å². The third-order valence-electron chi connectivity index (χ3n) is 4.96. The van der Waals surface area contributed by atoms with Crippen molar-refractivity contribution in [2.45, 2.75) is 71.8 Å². The van der Waals surface area contributed by atoms with Gasteiger partial charge in [-0.2, -0.15) is 0 Å². The minimum absolute atomic E-state index is 0.00595. The van der Waals surface area contributed by atoms with E-state index in [0.29, 0.717) is 12.8 Å². The molecule has 4 heteroatoms. The average molecular weight is 281 g/mol. The molecule has 1 unspecified atom stereocenters. The van der Waals surface area contributed by atoms with E-state index in [0.717, 1.165) is 25.7 Å². The first-order valence-corrected chi connectivity index (χ1v) is 7.79. The van der Waals surface area contributed by atoms with Gasteiger partial charge >= 0.3 is 0 Å². The molecule has 0 aromatic carbocycles. The Kier molecular flexibility index (Phi) is 4.24. The van der Waals surface area contributed by atoms with Gasteiger partial charge in [0.25, 0.3) is 0 Å². The van der Waals surface area contributed by atoms with Gasteiger partial charge in [-0.1, -0.05) is 40.0 Å². The third kappa shape index (κ3) is 2.62. The highest BCUT2D eigenvalue weighted by molar-refractivity contribution is 6.06. The van der Waals surface area contributed by atoms with Crippen molar-refractivity contribution in [1.82, 2.24) is 4.90 Å². The van der Waals surface area contributed by atoms with Gasteiger partial charge in [0.1, 0.15) is 0 Å². The summed E-state index contributed by atoms with van der Waals surface area (Å²) in [5, 5.41) is 9.29. The summed E-state index contributed by atoms with van der Waals surface area (Å²) in [6.45, 7) is 6.09. The number of carbonyl (C=O) groups excluding carboxylic acids is 2. The molecule has 1 saturated carbocycles. The average Bonchev–Trinajstić information content (AvgIpc) is 2.58. The second-order valence-electron chi connectivity index (χ2n) is 7.48. The Morgan fingerprint density at radius 3 is 2.30 bits per heavy atom. The van der Waals surface area contributed by atoms with Crippen LogP contribution in [-0.4, -0.2) is 34.5 Å². The lowest BCUT2D eigenvalue weighted by atomic mass is 9.73. The Labute approximate surface area is 121 Å². The first-order chi connectivity index (χ1) is 9.32. The summed E-state index contributed by atoms with van der Waals surface area (Å²) in [6, 6.07) is -0.200. The van der Waals surface area contributed by atoms with Crippen LogP contribution in [0.2, 0.25) is 0 Å². The summed E-state index contributed by atoms with van der Waals surface area (Å²) in [6.07, 6.45) is 5.82. The molecular formula is C16H27NO3. The third-order valence-corrected chi connectivity index (χ3v) is 4.96. The van der Waals surface area contributed by atoms with E-state index in [1.54, 1.807) is 0 Å². The van der Waals surface area contributed by atoms with Gasteiger partial charge in [-0.25, -0.2) is 0 Å². The van der Waals surface area contributed by atoms with Crippen LogP contribution in [0.1, 0.15) is 65.7 Å². The number of aliphatic hydroxyl groups is 1. The molecule has 0 aromatic rings. The van der Waals surface area contributed by atoms with E-state index in [1.807, 2.05) is 20.8 Å². The maximum absolute atomic E-state index is 12.9. The molecule has 2 aliphatic rings. The number of hydrogen-bond donors (Lipinski definition) is 1. The van der Waals surface area contributed by atoms with Gasteiger partial charge < -0.3 is 5.11 Å². The molecule has 1 atom stereocenters.